The number of esters is 2. The lowest BCUT2D eigenvalue weighted by molar-refractivity contribution is -0.887. The first-order valence-electron chi connectivity index (χ1n) is 21.5. The lowest BCUT2D eigenvalue weighted by Crippen LogP contribution is -2.50. The van der Waals surface area contributed by atoms with Crippen molar-refractivity contribution in [3.05, 3.63) is 72.9 Å². The summed E-state index contributed by atoms with van der Waals surface area (Å²) >= 11 is 0. The third kappa shape index (κ3) is 36.2. The Morgan fingerprint density at radius 3 is 1.51 bits per heavy atom. The Kier molecular flexibility index (Phi) is 35.5. The van der Waals surface area contributed by atoms with Crippen LogP contribution in [-0.2, 0) is 28.6 Å². The maximum atomic E-state index is 12.7. The molecule has 0 aliphatic rings. The molecule has 314 valence electrons. The van der Waals surface area contributed by atoms with Gasteiger partial charge in [0, 0.05) is 19.3 Å². The summed E-state index contributed by atoms with van der Waals surface area (Å²) in [5.41, 5.74) is 0. The van der Waals surface area contributed by atoms with Crippen LogP contribution in [0.1, 0.15) is 155 Å². The third-order valence-electron chi connectivity index (χ3n) is 9.12. The highest BCUT2D eigenvalue weighted by molar-refractivity contribution is 5.72. The maximum absolute atomic E-state index is 12.7. The van der Waals surface area contributed by atoms with Crippen LogP contribution in [0.25, 0.3) is 0 Å². The van der Waals surface area contributed by atoms with Crippen molar-refractivity contribution in [2.45, 2.75) is 167 Å². The van der Waals surface area contributed by atoms with Crippen molar-refractivity contribution in [2.24, 2.45) is 0 Å². The topological polar surface area (TPSA) is 99.1 Å². The monoisotopic (exact) mass is 771 g/mol. The van der Waals surface area contributed by atoms with Gasteiger partial charge in [-0.25, -0.2) is 4.79 Å². The van der Waals surface area contributed by atoms with Gasteiger partial charge in [-0.1, -0.05) is 145 Å². The van der Waals surface area contributed by atoms with Crippen LogP contribution in [-0.4, -0.2) is 80.6 Å². The molecular weight excluding hydrogens is 691 g/mol. The quantitative estimate of drug-likeness (QED) is 0.0291. The normalized spacial score (nSPS) is 13.7. The lowest BCUT2D eigenvalue weighted by Gasteiger charge is -2.31. The Labute approximate surface area is 336 Å². The van der Waals surface area contributed by atoms with E-state index in [2.05, 4.69) is 86.8 Å². The minimum atomic E-state index is -0.884. The van der Waals surface area contributed by atoms with E-state index in [1.807, 2.05) is 21.1 Å². The summed E-state index contributed by atoms with van der Waals surface area (Å²) in [6.45, 7) is 4.55. The average Bonchev–Trinajstić information content (AvgIpc) is 3.14. The minimum absolute atomic E-state index is 0.0449. The van der Waals surface area contributed by atoms with Crippen molar-refractivity contribution in [2.75, 3.05) is 41.0 Å². The van der Waals surface area contributed by atoms with E-state index in [-0.39, 0.29) is 42.7 Å². The number of rotatable bonds is 37. The number of carboxylic acids is 1. The van der Waals surface area contributed by atoms with Gasteiger partial charge >= 0.3 is 17.9 Å². The first kappa shape index (κ1) is 51.8. The molecule has 0 bridgehead atoms. The van der Waals surface area contributed by atoms with Gasteiger partial charge < -0.3 is 23.8 Å². The van der Waals surface area contributed by atoms with E-state index in [4.69, 9.17) is 14.2 Å². The van der Waals surface area contributed by atoms with Crippen molar-refractivity contribution in [3.8, 4) is 0 Å². The summed E-state index contributed by atoms with van der Waals surface area (Å²) in [5, 5.41) is 9.60. The molecule has 0 aromatic heterocycles. The molecule has 0 spiro atoms. The molecule has 0 saturated heterocycles. The zero-order valence-corrected chi connectivity index (χ0v) is 35.6. The molecule has 0 aliphatic carbocycles. The zero-order valence-electron chi connectivity index (χ0n) is 35.6. The maximum Gasteiger partial charge on any atom is 0.362 e. The molecule has 0 aliphatic heterocycles. The van der Waals surface area contributed by atoms with Gasteiger partial charge in [-0.3, -0.25) is 9.59 Å². The zero-order chi connectivity index (χ0) is 40.7. The minimum Gasteiger partial charge on any atom is -0.477 e. The van der Waals surface area contributed by atoms with Crippen LogP contribution in [0, 0.1) is 0 Å². The second-order valence-corrected chi connectivity index (χ2v) is 15.2. The van der Waals surface area contributed by atoms with E-state index in [9.17, 15) is 19.5 Å². The highest BCUT2D eigenvalue weighted by Gasteiger charge is 2.31. The Balaban J connectivity index is 4.39. The van der Waals surface area contributed by atoms with Gasteiger partial charge in [0.05, 0.1) is 34.4 Å². The fourth-order valence-electron chi connectivity index (χ4n) is 5.80. The Bertz CT molecular complexity index is 1130. The van der Waals surface area contributed by atoms with Gasteiger partial charge in [0.25, 0.3) is 0 Å². The van der Waals surface area contributed by atoms with Gasteiger partial charge in [0.2, 0.25) is 0 Å². The van der Waals surface area contributed by atoms with E-state index in [1.54, 1.807) is 0 Å². The first-order chi connectivity index (χ1) is 26.6. The molecule has 0 amide bonds. The summed E-state index contributed by atoms with van der Waals surface area (Å²) in [4.78, 5) is 36.8. The molecular formula is C47H80NO7+. The number of carboxylic acid groups (broad SMARTS) is 1. The molecule has 55 heavy (non-hydrogen) atoms. The molecule has 8 nitrogen and oxygen atoms in total. The van der Waals surface area contributed by atoms with Crippen LogP contribution in [0.3, 0.4) is 0 Å². The number of quaternary nitrogens is 1. The predicted octanol–water partition coefficient (Wildman–Crippen LogP) is 11.6. The standard InChI is InChI=1S/C47H79NO7/c1-6-8-10-12-14-16-17-18-19-20-21-22-23-24-25-26-27-28-30-32-34-36-38-46(50)55-43(41-53-40-39-44(47(51)52)48(3,4)5)42-54-45(49)37-35-33-31-29-15-13-11-9-7-2/h8,10,14,16,18-19,21-22,24-25,27-28,43-44H,6-7,9,11-13,15,17,20,23,26,29-42H2,1-5H3/p+1/b10-8+,16-14+,19-18+,22-21+,25-24+,28-27+. The molecule has 8 heteroatoms. The van der Waals surface area contributed by atoms with Gasteiger partial charge in [-0.2, -0.15) is 0 Å². The van der Waals surface area contributed by atoms with Gasteiger partial charge in [-0.05, 0) is 64.2 Å². The highest BCUT2D eigenvalue weighted by atomic mass is 16.6. The van der Waals surface area contributed by atoms with Crippen LogP contribution in [0.15, 0.2) is 72.9 Å². The van der Waals surface area contributed by atoms with Crippen molar-refractivity contribution in [1.29, 1.82) is 0 Å². The van der Waals surface area contributed by atoms with Crippen molar-refractivity contribution < 1.29 is 38.2 Å². The van der Waals surface area contributed by atoms with Crippen LogP contribution < -0.4 is 0 Å². The van der Waals surface area contributed by atoms with Crippen LogP contribution >= 0.6 is 0 Å². The number of likely N-dealkylation sites (N-methyl/N-ethyl adjacent to an activating group) is 1. The summed E-state index contributed by atoms with van der Waals surface area (Å²) < 4.78 is 17.2. The van der Waals surface area contributed by atoms with Gasteiger partial charge in [-0.15, -0.1) is 0 Å². The second-order valence-electron chi connectivity index (χ2n) is 15.2. The average molecular weight is 771 g/mol. The van der Waals surface area contributed by atoms with Gasteiger partial charge in [0.1, 0.15) is 6.61 Å². The molecule has 0 fully saturated rings. The van der Waals surface area contributed by atoms with E-state index in [0.29, 0.717) is 12.8 Å². The van der Waals surface area contributed by atoms with E-state index in [0.717, 1.165) is 83.5 Å². The SMILES string of the molecule is CC/C=C/C/C=C/C/C=C/C/C=C/C/C=C/C/C=C/CCCCCC(=O)OC(COCCC(C(=O)O)[N+](C)(C)C)COC(=O)CCCCCCCCCCC. The Hall–Kier alpha value is -3.23. The number of carbonyl (C=O) groups is 3. The van der Waals surface area contributed by atoms with Crippen LogP contribution in [0.5, 0.6) is 0 Å². The third-order valence-corrected chi connectivity index (χ3v) is 9.12. The number of allylic oxidation sites excluding steroid dienone is 12. The summed E-state index contributed by atoms with van der Waals surface area (Å²) in [7, 11) is 5.50. The molecule has 0 aromatic carbocycles. The largest absolute Gasteiger partial charge is 0.477 e. The number of hydrogen-bond acceptors (Lipinski definition) is 6. The fourth-order valence-corrected chi connectivity index (χ4v) is 5.80. The summed E-state index contributed by atoms with van der Waals surface area (Å²) in [5.74, 6) is -1.52. The fraction of sp³-hybridized carbons (Fsp3) is 0.681. The second kappa shape index (κ2) is 37.7. The molecule has 0 rings (SSSR count). The van der Waals surface area contributed by atoms with E-state index in [1.165, 1.54) is 38.5 Å². The number of nitrogens with zero attached hydrogens (tertiary/aromatic N) is 1. The number of aliphatic carboxylic acids is 1. The summed E-state index contributed by atoms with van der Waals surface area (Å²) in [6, 6.07) is -0.622. The van der Waals surface area contributed by atoms with Crippen molar-refractivity contribution >= 4 is 17.9 Å². The molecule has 0 heterocycles. The van der Waals surface area contributed by atoms with Gasteiger partial charge in [0.15, 0.2) is 12.1 Å². The highest BCUT2D eigenvalue weighted by Crippen LogP contribution is 2.13. The molecule has 0 saturated carbocycles. The number of ether oxygens (including phenoxy) is 3. The molecule has 2 atom stereocenters. The Morgan fingerprint density at radius 2 is 1.02 bits per heavy atom. The first-order valence-corrected chi connectivity index (χ1v) is 21.5. The van der Waals surface area contributed by atoms with Crippen molar-refractivity contribution in [3.63, 3.8) is 0 Å². The Morgan fingerprint density at radius 1 is 0.564 bits per heavy atom. The van der Waals surface area contributed by atoms with Crippen LogP contribution in [0.2, 0.25) is 0 Å². The predicted molar refractivity (Wildman–Crippen MR) is 229 cm³/mol. The smallest absolute Gasteiger partial charge is 0.362 e. The lowest BCUT2D eigenvalue weighted by atomic mass is 10.1. The summed E-state index contributed by atoms with van der Waals surface area (Å²) in [6.07, 6.45) is 46.6. The molecule has 0 radical (unpaired) electrons. The molecule has 0 aromatic rings. The van der Waals surface area contributed by atoms with Crippen LogP contribution in [0.4, 0.5) is 0 Å². The number of unbranched alkanes of at least 4 members (excludes halogenated alkanes) is 11. The number of carbonyl (C=O) groups excluding carboxylic acids is 2. The molecule has 1 N–H and O–H groups in total. The van der Waals surface area contributed by atoms with E-state index >= 15 is 0 Å². The van der Waals surface area contributed by atoms with Crippen molar-refractivity contribution in [1.82, 2.24) is 0 Å². The van der Waals surface area contributed by atoms with E-state index < -0.39 is 18.1 Å². The number of hydrogen-bond donors (Lipinski definition) is 1. The molecule has 2 unspecified atom stereocenters.